The first-order valence-corrected chi connectivity index (χ1v) is 7.61. The van der Waals surface area contributed by atoms with Gasteiger partial charge in [0, 0.05) is 0 Å². The Morgan fingerprint density at radius 3 is 2.30 bits per heavy atom. The van der Waals surface area contributed by atoms with Crippen molar-refractivity contribution >= 4 is 17.7 Å². The van der Waals surface area contributed by atoms with E-state index >= 15 is 0 Å². The van der Waals surface area contributed by atoms with E-state index in [9.17, 15) is 14.4 Å². The summed E-state index contributed by atoms with van der Waals surface area (Å²) in [4.78, 5) is 42.5. The van der Waals surface area contributed by atoms with Crippen LogP contribution in [0, 0.1) is 11.8 Å². The first-order valence-electron chi connectivity index (χ1n) is 7.61. The van der Waals surface area contributed by atoms with Crippen LogP contribution in [0.2, 0.25) is 0 Å². The number of fused-ring (bicyclic) bond motifs is 1. The van der Waals surface area contributed by atoms with E-state index < -0.39 is 5.91 Å². The summed E-state index contributed by atoms with van der Waals surface area (Å²) in [6, 6.07) is 9.38. The predicted octanol–water partition coefficient (Wildman–Crippen LogP) is 1.19. The first-order chi connectivity index (χ1) is 11.2. The fourth-order valence-corrected chi connectivity index (χ4v) is 2.97. The molecule has 1 aliphatic carbocycles. The van der Waals surface area contributed by atoms with Crippen LogP contribution in [0.15, 0.2) is 42.5 Å². The fraction of sp³-hybridized carbons (Fsp3) is 0.353. The summed E-state index contributed by atoms with van der Waals surface area (Å²) in [5.41, 5.74) is 3.19. The monoisotopic (exact) mass is 314 g/mol. The van der Waals surface area contributed by atoms with Crippen LogP contribution in [0.1, 0.15) is 18.4 Å². The van der Waals surface area contributed by atoms with E-state index in [1.54, 1.807) is 0 Å². The summed E-state index contributed by atoms with van der Waals surface area (Å²) in [7, 11) is 0. The second-order valence-corrected chi connectivity index (χ2v) is 5.72. The smallest absolute Gasteiger partial charge is 0.263 e. The van der Waals surface area contributed by atoms with Gasteiger partial charge >= 0.3 is 0 Å². The van der Waals surface area contributed by atoms with E-state index in [4.69, 9.17) is 4.84 Å². The van der Waals surface area contributed by atoms with Gasteiger partial charge in [-0.3, -0.25) is 24.1 Å². The van der Waals surface area contributed by atoms with E-state index in [0.29, 0.717) is 12.8 Å². The van der Waals surface area contributed by atoms with Crippen LogP contribution in [-0.4, -0.2) is 29.2 Å². The molecule has 1 N–H and O–H groups in total. The molecule has 0 bridgehead atoms. The Labute approximate surface area is 134 Å². The Bertz CT molecular complexity index is 615. The third-order valence-electron chi connectivity index (χ3n) is 4.17. The molecule has 0 saturated carbocycles. The van der Waals surface area contributed by atoms with E-state index in [0.717, 1.165) is 10.5 Å². The minimum atomic E-state index is -0.505. The average molecular weight is 314 g/mol. The number of hydroxylamine groups is 1. The number of allylic oxidation sites excluding steroid dienone is 2. The van der Waals surface area contributed by atoms with E-state index in [1.165, 1.54) is 0 Å². The molecular formula is C17H18N2O4. The SMILES string of the molecule is O=C(CN1C(=O)[C@@H]2CC=CC[C@H]2C1=O)NOCc1ccccc1. The molecule has 2 aliphatic rings. The van der Waals surface area contributed by atoms with Gasteiger partial charge in [-0.25, -0.2) is 5.48 Å². The first kappa shape index (κ1) is 15.4. The molecule has 3 rings (SSSR count). The molecule has 2 atom stereocenters. The van der Waals surface area contributed by atoms with Gasteiger partial charge < -0.3 is 0 Å². The van der Waals surface area contributed by atoms with Gasteiger partial charge in [0.2, 0.25) is 11.8 Å². The number of nitrogens with zero attached hydrogens (tertiary/aromatic N) is 1. The van der Waals surface area contributed by atoms with Crippen molar-refractivity contribution in [2.75, 3.05) is 6.54 Å². The third-order valence-corrected chi connectivity index (χ3v) is 4.17. The summed E-state index contributed by atoms with van der Waals surface area (Å²) >= 11 is 0. The quantitative estimate of drug-likeness (QED) is 0.503. The predicted molar refractivity (Wildman–Crippen MR) is 81.4 cm³/mol. The molecule has 1 fully saturated rings. The lowest BCUT2D eigenvalue weighted by Gasteiger charge is -2.14. The molecule has 120 valence electrons. The summed E-state index contributed by atoms with van der Waals surface area (Å²) in [6.45, 7) is -0.0664. The molecule has 1 aromatic rings. The zero-order valence-corrected chi connectivity index (χ0v) is 12.6. The molecule has 23 heavy (non-hydrogen) atoms. The molecule has 3 amide bonds. The zero-order valence-electron chi connectivity index (χ0n) is 12.6. The summed E-state index contributed by atoms with van der Waals surface area (Å²) in [5.74, 6) is -1.66. The Morgan fingerprint density at radius 1 is 1.09 bits per heavy atom. The number of hydrogen-bond acceptors (Lipinski definition) is 4. The van der Waals surface area contributed by atoms with Gasteiger partial charge in [0.25, 0.3) is 5.91 Å². The van der Waals surface area contributed by atoms with Crippen molar-refractivity contribution < 1.29 is 19.2 Å². The van der Waals surface area contributed by atoms with Crippen molar-refractivity contribution in [1.29, 1.82) is 0 Å². The number of likely N-dealkylation sites (tertiary alicyclic amines) is 1. The molecule has 6 nitrogen and oxygen atoms in total. The lowest BCUT2D eigenvalue weighted by atomic mass is 9.85. The minimum absolute atomic E-state index is 0.226. The minimum Gasteiger partial charge on any atom is -0.274 e. The van der Waals surface area contributed by atoms with Crippen LogP contribution in [0.3, 0.4) is 0 Å². The van der Waals surface area contributed by atoms with E-state index in [2.05, 4.69) is 5.48 Å². The fourth-order valence-electron chi connectivity index (χ4n) is 2.97. The molecule has 0 unspecified atom stereocenters. The van der Waals surface area contributed by atoms with Gasteiger partial charge in [-0.05, 0) is 18.4 Å². The van der Waals surface area contributed by atoms with Crippen LogP contribution in [0.25, 0.3) is 0 Å². The maximum Gasteiger partial charge on any atom is 0.263 e. The van der Waals surface area contributed by atoms with E-state index in [-0.39, 0.29) is 36.8 Å². The highest BCUT2D eigenvalue weighted by molar-refractivity contribution is 6.07. The van der Waals surface area contributed by atoms with Gasteiger partial charge in [-0.15, -0.1) is 0 Å². The van der Waals surface area contributed by atoms with Crippen LogP contribution in [-0.2, 0) is 25.8 Å². The van der Waals surface area contributed by atoms with Crippen molar-refractivity contribution in [1.82, 2.24) is 10.4 Å². The maximum absolute atomic E-state index is 12.2. The number of hydrogen-bond donors (Lipinski definition) is 1. The van der Waals surface area contributed by atoms with Crippen molar-refractivity contribution in [3.8, 4) is 0 Å². The van der Waals surface area contributed by atoms with Gasteiger partial charge in [-0.2, -0.15) is 0 Å². The Morgan fingerprint density at radius 2 is 1.70 bits per heavy atom. The topological polar surface area (TPSA) is 75.7 Å². The number of carbonyl (C=O) groups is 3. The Hall–Kier alpha value is -2.47. The van der Waals surface area contributed by atoms with Gasteiger partial charge in [-0.1, -0.05) is 42.5 Å². The van der Waals surface area contributed by atoms with Crippen molar-refractivity contribution in [2.45, 2.75) is 19.4 Å². The van der Waals surface area contributed by atoms with Crippen molar-refractivity contribution in [3.63, 3.8) is 0 Å². The summed E-state index contributed by atoms with van der Waals surface area (Å²) < 4.78 is 0. The summed E-state index contributed by atoms with van der Waals surface area (Å²) in [5, 5.41) is 0. The molecule has 0 spiro atoms. The molecular weight excluding hydrogens is 296 g/mol. The normalized spacial score (nSPS) is 23.0. The second-order valence-electron chi connectivity index (χ2n) is 5.72. The lowest BCUT2D eigenvalue weighted by molar-refractivity contribution is -0.147. The standard InChI is InChI=1S/C17H18N2O4/c20-15(18-23-11-12-6-2-1-3-7-12)10-19-16(21)13-8-4-5-9-14(13)17(19)22/h1-7,13-14H,8-11H2,(H,18,20)/t13-,14-/m1/s1. The van der Waals surface area contributed by atoms with Crippen LogP contribution in [0.4, 0.5) is 0 Å². The molecule has 6 heteroatoms. The third kappa shape index (κ3) is 3.32. The number of nitrogens with one attached hydrogen (secondary N) is 1. The molecule has 1 aliphatic heterocycles. The molecule has 0 radical (unpaired) electrons. The maximum atomic E-state index is 12.2. The Balaban J connectivity index is 1.50. The highest BCUT2D eigenvalue weighted by atomic mass is 16.6. The molecule has 1 aromatic carbocycles. The highest BCUT2D eigenvalue weighted by Gasteiger charge is 2.47. The summed E-state index contributed by atoms with van der Waals surface area (Å²) in [6.07, 6.45) is 4.97. The molecule has 1 saturated heterocycles. The number of imide groups is 1. The van der Waals surface area contributed by atoms with Crippen LogP contribution >= 0.6 is 0 Å². The molecule has 1 heterocycles. The van der Waals surface area contributed by atoms with Crippen LogP contribution < -0.4 is 5.48 Å². The highest BCUT2D eigenvalue weighted by Crippen LogP contribution is 2.34. The number of benzene rings is 1. The lowest BCUT2D eigenvalue weighted by Crippen LogP contribution is -2.41. The largest absolute Gasteiger partial charge is 0.274 e. The molecule has 0 aromatic heterocycles. The van der Waals surface area contributed by atoms with Crippen molar-refractivity contribution in [3.05, 3.63) is 48.0 Å². The van der Waals surface area contributed by atoms with Crippen molar-refractivity contribution in [2.24, 2.45) is 11.8 Å². The Kier molecular flexibility index (Phi) is 4.52. The zero-order chi connectivity index (χ0) is 16.2. The number of amides is 3. The van der Waals surface area contributed by atoms with E-state index in [1.807, 2.05) is 42.5 Å². The van der Waals surface area contributed by atoms with Gasteiger partial charge in [0.05, 0.1) is 18.4 Å². The number of rotatable bonds is 5. The average Bonchev–Trinajstić information content (AvgIpc) is 2.81. The van der Waals surface area contributed by atoms with Crippen LogP contribution in [0.5, 0.6) is 0 Å². The van der Waals surface area contributed by atoms with Gasteiger partial charge in [0.15, 0.2) is 0 Å². The number of carbonyl (C=O) groups excluding carboxylic acids is 3. The second kappa shape index (κ2) is 6.75. The van der Waals surface area contributed by atoms with Gasteiger partial charge in [0.1, 0.15) is 6.54 Å².